The van der Waals surface area contributed by atoms with Crippen molar-refractivity contribution in [3.63, 3.8) is 0 Å². The van der Waals surface area contributed by atoms with Gasteiger partial charge in [-0.2, -0.15) is 0 Å². The van der Waals surface area contributed by atoms with Crippen molar-refractivity contribution in [3.05, 3.63) is 29.8 Å². The Morgan fingerprint density at radius 3 is 2.56 bits per heavy atom. The average Bonchev–Trinajstić information content (AvgIpc) is 2.37. The lowest BCUT2D eigenvalue weighted by molar-refractivity contribution is 0.0945. The molecule has 0 aliphatic rings. The quantitative estimate of drug-likeness (QED) is 0.691. The van der Waals surface area contributed by atoms with Gasteiger partial charge in [0.1, 0.15) is 5.75 Å². The van der Waals surface area contributed by atoms with Crippen molar-refractivity contribution in [2.45, 2.75) is 26.2 Å². The lowest BCUT2D eigenvalue weighted by Gasteiger charge is -2.15. The molecule has 0 spiro atoms. The highest BCUT2D eigenvalue weighted by atomic mass is 16.3. The van der Waals surface area contributed by atoms with E-state index in [4.69, 9.17) is 10.8 Å². The van der Waals surface area contributed by atoms with Gasteiger partial charge in [0.15, 0.2) is 0 Å². The Morgan fingerprint density at radius 2 is 2.00 bits per heavy atom. The number of amides is 1. The van der Waals surface area contributed by atoms with Crippen LogP contribution < -0.4 is 11.1 Å². The third kappa shape index (κ3) is 4.75. The second-order valence-corrected chi connectivity index (χ2v) is 4.49. The Bertz CT molecular complexity index is 357. The summed E-state index contributed by atoms with van der Waals surface area (Å²) in [5.74, 6) is 0.507. The first-order valence-corrected chi connectivity index (χ1v) is 6.44. The largest absolute Gasteiger partial charge is 0.508 e. The minimum Gasteiger partial charge on any atom is -0.508 e. The Hall–Kier alpha value is -1.55. The predicted octanol–water partition coefficient (Wildman–Crippen LogP) is 1.89. The topological polar surface area (TPSA) is 75.3 Å². The summed E-state index contributed by atoms with van der Waals surface area (Å²) < 4.78 is 0. The van der Waals surface area contributed by atoms with Gasteiger partial charge in [-0.15, -0.1) is 0 Å². The number of nitrogens with two attached hydrogens (primary N) is 1. The highest BCUT2D eigenvalue weighted by molar-refractivity contribution is 5.94. The summed E-state index contributed by atoms with van der Waals surface area (Å²) in [6.45, 7) is 3.44. The van der Waals surface area contributed by atoms with Crippen LogP contribution in [0, 0.1) is 5.92 Å². The summed E-state index contributed by atoms with van der Waals surface area (Å²) in [6, 6.07) is 6.25. The first-order valence-electron chi connectivity index (χ1n) is 6.44. The van der Waals surface area contributed by atoms with E-state index >= 15 is 0 Å². The molecule has 0 aliphatic heterocycles. The third-order valence-corrected chi connectivity index (χ3v) is 2.95. The van der Waals surface area contributed by atoms with Gasteiger partial charge in [-0.25, -0.2) is 0 Å². The van der Waals surface area contributed by atoms with E-state index in [2.05, 4.69) is 12.2 Å². The number of carbonyl (C=O) groups excluding carboxylic acids is 1. The molecule has 1 aromatic rings. The monoisotopic (exact) mass is 250 g/mol. The molecule has 18 heavy (non-hydrogen) atoms. The number of rotatable bonds is 7. The molecule has 4 heteroatoms. The molecule has 0 aromatic heterocycles. The molecule has 0 fully saturated rings. The zero-order valence-electron chi connectivity index (χ0n) is 10.9. The van der Waals surface area contributed by atoms with Crippen molar-refractivity contribution in [1.82, 2.24) is 5.32 Å². The molecule has 0 saturated carbocycles. The number of benzene rings is 1. The lowest BCUT2D eigenvalue weighted by atomic mass is 10.00. The van der Waals surface area contributed by atoms with E-state index in [9.17, 15) is 4.79 Å². The minimum atomic E-state index is -0.104. The van der Waals surface area contributed by atoms with E-state index in [0.29, 0.717) is 24.6 Å². The van der Waals surface area contributed by atoms with Crippen molar-refractivity contribution in [2.75, 3.05) is 13.1 Å². The Morgan fingerprint density at radius 1 is 1.33 bits per heavy atom. The maximum absolute atomic E-state index is 11.8. The standard InChI is InChI=1S/C14H22N2O2/c1-2-3-11(8-9-15)10-16-14(18)12-4-6-13(17)7-5-12/h4-7,11,17H,2-3,8-10,15H2,1H3,(H,16,18). The second-order valence-electron chi connectivity index (χ2n) is 4.49. The van der Waals surface area contributed by atoms with Crippen molar-refractivity contribution >= 4 is 5.91 Å². The van der Waals surface area contributed by atoms with Crippen LogP contribution in [0.15, 0.2) is 24.3 Å². The van der Waals surface area contributed by atoms with Gasteiger partial charge in [0.2, 0.25) is 0 Å². The molecule has 0 bridgehead atoms. The fourth-order valence-electron chi connectivity index (χ4n) is 1.94. The molecule has 0 aliphatic carbocycles. The highest BCUT2D eigenvalue weighted by Gasteiger charge is 2.10. The molecule has 1 rings (SSSR count). The summed E-state index contributed by atoms with van der Waals surface area (Å²) in [7, 11) is 0. The van der Waals surface area contributed by atoms with E-state index in [1.807, 2.05) is 0 Å². The van der Waals surface area contributed by atoms with Crippen LogP contribution in [-0.4, -0.2) is 24.1 Å². The van der Waals surface area contributed by atoms with Crippen LogP contribution in [-0.2, 0) is 0 Å². The van der Waals surface area contributed by atoms with Gasteiger partial charge in [0.05, 0.1) is 0 Å². The van der Waals surface area contributed by atoms with Gasteiger partial charge in [-0.1, -0.05) is 13.3 Å². The zero-order chi connectivity index (χ0) is 13.4. The first-order chi connectivity index (χ1) is 8.67. The molecule has 1 atom stereocenters. The Labute approximate surface area is 108 Å². The lowest BCUT2D eigenvalue weighted by Crippen LogP contribution is -2.30. The third-order valence-electron chi connectivity index (χ3n) is 2.95. The molecule has 0 heterocycles. The summed E-state index contributed by atoms with van der Waals surface area (Å²) >= 11 is 0. The van der Waals surface area contributed by atoms with Crippen LogP contribution in [0.5, 0.6) is 5.75 Å². The number of phenols is 1. The molecular formula is C14H22N2O2. The second kappa shape index (κ2) is 7.71. The van der Waals surface area contributed by atoms with Crippen molar-refractivity contribution in [2.24, 2.45) is 11.7 Å². The van der Waals surface area contributed by atoms with Gasteiger partial charge >= 0.3 is 0 Å². The highest BCUT2D eigenvalue weighted by Crippen LogP contribution is 2.11. The van der Waals surface area contributed by atoms with Crippen LogP contribution in [0.3, 0.4) is 0 Å². The van der Waals surface area contributed by atoms with Gasteiger partial charge < -0.3 is 16.2 Å². The van der Waals surface area contributed by atoms with Crippen LogP contribution in [0.4, 0.5) is 0 Å². The van der Waals surface area contributed by atoms with Gasteiger partial charge in [0, 0.05) is 12.1 Å². The number of carbonyl (C=O) groups is 1. The SMILES string of the molecule is CCCC(CCN)CNC(=O)c1ccc(O)cc1. The van der Waals surface area contributed by atoms with Gasteiger partial charge in [-0.05, 0) is 49.6 Å². The maximum atomic E-state index is 11.8. The fraction of sp³-hybridized carbons (Fsp3) is 0.500. The number of aromatic hydroxyl groups is 1. The fourth-order valence-corrected chi connectivity index (χ4v) is 1.94. The Kier molecular flexibility index (Phi) is 6.22. The van der Waals surface area contributed by atoms with E-state index in [1.165, 1.54) is 12.1 Å². The minimum absolute atomic E-state index is 0.104. The van der Waals surface area contributed by atoms with E-state index < -0.39 is 0 Å². The van der Waals surface area contributed by atoms with Crippen LogP contribution in [0.2, 0.25) is 0 Å². The number of nitrogens with one attached hydrogen (secondary N) is 1. The van der Waals surface area contributed by atoms with E-state index in [1.54, 1.807) is 12.1 Å². The Balaban J connectivity index is 2.46. The normalized spacial score (nSPS) is 12.1. The van der Waals surface area contributed by atoms with E-state index in [-0.39, 0.29) is 11.7 Å². The molecule has 4 nitrogen and oxygen atoms in total. The van der Waals surface area contributed by atoms with Crippen molar-refractivity contribution < 1.29 is 9.90 Å². The number of hydrogen-bond donors (Lipinski definition) is 3. The summed E-state index contributed by atoms with van der Waals surface area (Å²) in [5, 5.41) is 12.1. The molecule has 1 aromatic carbocycles. The summed E-state index contributed by atoms with van der Waals surface area (Å²) in [6.07, 6.45) is 3.11. The predicted molar refractivity (Wildman–Crippen MR) is 72.5 cm³/mol. The summed E-state index contributed by atoms with van der Waals surface area (Å²) in [5.41, 5.74) is 6.12. The molecular weight excluding hydrogens is 228 g/mol. The van der Waals surface area contributed by atoms with Crippen LogP contribution in [0.25, 0.3) is 0 Å². The number of hydrogen-bond acceptors (Lipinski definition) is 3. The zero-order valence-corrected chi connectivity index (χ0v) is 10.9. The van der Waals surface area contributed by atoms with Gasteiger partial charge in [0.25, 0.3) is 5.91 Å². The molecule has 0 radical (unpaired) electrons. The molecule has 100 valence electrons. The van der Waals surface area contributed by atoms with Crippen molar-refractivity contribution in [3.8, 4) is 5.75 Å². The van der Waals surface area contributed by atoms with Crippen LogP contribution >= 0.6 is 0 Å². The molecule has 1 unspecified atom stereocenters. The van der Waals surface area contributed by atoms with Crippen molar-refractivity contribution in [1.29, 1.82) is 0 Å². The van der Waals surface area contributed by atoms with Gasteiger partial charge in [-0.3, -0.25) is 4.79 Å². The molecule has 1 amide bonds. The first kappa shape index (κ1) is 14.5. The average molecular weight is 250 g/mol. The summed E-state index contributed by atoms with van der Waals surface area (Å²) in [4.78, 5) is 11.8. The van der Waals surface area contributed by atoms with E-state index in [0.717, 1.165) is 19.3 Å². The smallest absolute Gasteiger partial charge is 0.251 e. The maximum Gasteiger partial charge on any atom is 0.251 e. The molecule has 0 saturated heterocycles. The van der Waals surface area contributed by atoms with Crippen LogP contribution in [0.1, 0.15) is 36.5 Å². The molecule has 4 N–H and O–H groups in total. The number of phenolic OH excluding ortho intramolecular Hbond substituents is 1.